The fourth-order valence-electron chi connectivity index (χ4n) is 3.56. The topological polar surface area (TPSA) is 67.5 Å². The number of hydrogen-bond donors (Lipinski definition) is 1. The Morgan fingerprint density at radius 3 is 2.81 bits per heavy atom. The van der Waals surface area contributed by atoms with Crippen molar-refractivity contribution in [1.29, 1.82) is 0 Å². The van der Waals surface area contributed by atoms with Crippen LogP contribution in [-0.2, 0) is 0 Å². The first kappa shape index (κ1) is 16.4. The van der Waals surface area contributed by atoms with Crippen molar-refractivity contribution in [3.63, 3.8) is 0 Å². The summed E-state index contributed by atoms with van der Waals surface area (Å²) in [5, 5.41) is 0. The van der Waals surface area contributed by atoms with Gasteiger partial charge in [0.05, 0.1) is 25.3 Å². The van der Waals surface area contributed by atoms with E-state index in [-0.39, 0.29) is 11.8 Å². The monoisotopic (exact) mass is 351 g/mol. The second-order valence-electron chi connectivity index (χ2n) is 6.45. The molecule has 0 unspecified atom stereocenters. The van der Waals surface area contributed by atoms with Crippen molar-refractivity contribution in [2.45, 2.75) is 12.3 Å². The van der Waals surface area contributed by atoms with Gasteiger partial charge in [-0.05, 0) is 36.8 Å². The first-order valence-electron chi connectivity index (χ1n) is 8.65. The summed E-state index contributed by atoms with van der Waals surface area (Å²) in [6.45, 7) is 1.33. The molecule has 1 saturated heterocycles. The second-order valence-corrected chi connectivity index (χ2v) is 6.45. The average Bonchev–Trinajstić information content (AvgIpc) is 3.34. The van der Waals surface area contributed by atoms with Crippen LogP contribution in [0.4, 0.5) is 0 Å². The Hall–Kier alpha value is -3.02. The molecule has 0 radical (unpaired) electrons. The quantitative estimate of drug-likeness (QED) is 0.784. The number of amides is 1. The van der Waals surface area contributed by atoms with Crippen LogP contribution >= 0.6 is 0 Å². The number of carbonyl (C=O) groups is 1. The summed E-state index contributed by atoms with van der Waals surface area (Å²) in [7, 11) is 3.31. The summed E-state index contributed by atoms with van der Waals surface area (Å²) >= 11 is 0. The van der Waals surface area contributed by atoms with Crippen molar-refractivity contribution >= 4 is 16.9 Å². The van der Waals surface area contributed by atoms with Crippen molar-refractivity contribution < 1.29 is 14.3 Å². The lowest BCUT2D eigenvalue weighted by atomic mass is 9.97. The Bertz CT molecular complexity index is 917. The minimum atomic E-state index is -0.0643. The zero-order chi connectivity index (χ0) is 18.1. The molecular formula is C20H21N3O3. The second kappa shape index (κ2) is 6.71. The van der Waals surface area contributed by atoms with Gasteiger partial charge >= 0.3 is 0 Å². The first-order chi connectivity index (χ1) is 12.7. The Labute approximate surface area is 151 Å². The molecule has 1 fully saturated rings. The number of H-pyrrole nitrogens is 1. The highest BCUT2D eigenvalue weighted by Gasteiger charge is 2.31. The summed E-state index contributed by atoms with van der Waals surface area (Å²) < 4.78 is 10.8. The van der Waals surface area contributed by atoms with Crippen LogP contribution in [0.3, 0.4) is 0 Å². The third-order valence-corrected chi connectivity index (χ3v) is 4.94. The molecule has 1 aliphatic rings. The van der Waals surface area contributed by atoms with Crippen LogP contribution < -0.4 is 9.47 Å². The van der Waals surface area contributed by atoms with Crippen LogP contribution in [0.5, 0.6) is 11.5 Å². The number of aromatic nitrogens is 2. The molecule has 2 aromatic carbocycles. The van der Waals surface area contributed by atoms with Gasteiger partial charge in [-0.15, -0.1) is 0 Å². The molecular weight excluding hydrogens is 330 g/mol. The van der Waals surface area contributed by atoms with Gasteiger partial charge in [-0.1, -0.05) is 12.1 Å². The molecule has 1 atom stereocenters. The number of ether oxygens (including phenoxy) is 2. The van der Waals surface area contributed by atoms with Crippen LogP contribution in [0.1, 0.15) is 28.5 Å². The zero-order valence-electron chi connectivity index (χ0n) is 14.9. The molecule has 4 rings (SSSR count). The summed E-state index contributed by atoms with van der Waals surface area (Å²) in [4.78, 5) is 22.2. The summed E-state index contributed by atoms with van der Waals surface area (Å²) in [5.74, 6) is 2.17. The third kappa shape index (κ3) is 2.87. The maximum atomic E-state index is 12.8. The average molecular weight is 351 g/mol. The van der Waals surface area contributed by atoms with Gasteiger partial charge < -0.3 is 19.4 Å². The molecule has 1 amide bonds. The van der Waals surface area contributed by atoms with E-state index in [9.17, 15) is 4.79 Å². The van der Waals surface area contributed by atoms with E-state index in [1.165, 1.54) is 0 Å². The van der Waals surface area contributed by atoms with E-state index in [2.05, 4.69) is 9.97 Å². The number of nitrogens with one attached hydrogen (secondary N) is 1. The van der Waals surface area contributed by atoms with E-state index in [4.69, 9.17) is 9.47 Å². The molecule has 0 spiro atoms. The molecule has 0 aliphatic carbocycles. The Morgan fingerprint density at radius 2 is 2.04 bits per heavy atom. The number of likely N-dealkylation sites (tertiary alicyclic amines) is 1. The van der Waals surface area contributed by atoms with Gasteiger partial charge in [-0.2, -0.15) is 0 Å². The smallest absolute Gasteiger partial charge is 0.289 e. The minimum Gasteiger partial charge on any atom is -0.497 e. The van der Waals surface area contributed by atoms with Crippen molar-refractivity contribution in [2.75, 3.05) is 27.3 Å². The number of methoxy groups -OCH3 is 2. The van der Waals surface area contributed by atoms with E-state index in [1.807, 2.05) is 47.4 Å². The summed E-state index contributed by atoms with van der Waals surface area (Å²) in [6.07, 6.45) is 0.884. The van der Waals surface area contributed by atoms with Crippen LogP contribution in [-0.4, -0.2) is 48.1 Å². The molecule has 2 heterocycles. The largest absolute Gasteiger partial charge is 0.497 e. The molecule has 6 heteroatoms. The predicted molar refractivity (Wildman–Crippen MR) is 98.9 cm³/mol. The number of imidazole rings is 1. The van der Waals surface area contributed by atoms with Crippen LogP contribution in [0.2, 0.25) is 0 Å². The van der Waals surface area contributed by atoms with E-state index >= 15 is 0 Å². The molecule has 0 bridgehead atoms. The van der Waals surface area contributed by atoms with Gasteiger partial charge in [0.15, 0.2) is 5.82 Å². The van der Waals surface area contributed by atoms with Gasteiger partial charge in [-0.25, -0.2) is 4.98 Å². The van der Waals surface area contributed by atoms with Crippen LogP contribution in [0.15, 0.2) is 42.5 Å². The molecule has 1 N–H and O–H groups in total. The molecule has 1 aromatic heterocycles. The normalized spacial score (nSPS) is 16.8. The van der Waals surface area contributed by atoms with Crippen LogP contribution in [0.25, 0.3) is 11.0 Å². The standard InChI is InChI=1S/C20H21N3O3/c1-25-14-7-8-18(26-2)15(11-14)13-9-10-23(12-13)20(24)19-21-16-5-3-4-6-17(16)22-19/h3-8,11,13H,9-10,12H2,1-2H3,(H,21,22)/t13-/m0/s1. The lowest BCUT2D eigenvalue weighted by Crippen LogP contribution is -2.29. The Balaban J connectivity index is 1.55. The minimum absolute atomic E-state index is 0.0643. The van der Waals surface area contributed by atoms with Gasteiger partial charge in [0.2, 0.25) is 0 Å². The van der Waals surface area contributed by atoms with Gasteiger partial charge in [-0.3, -0.25) is 4.79 Å². The first-order valence-corrected chi connectivity index (χ1v) is 8.65. The molecule has 6 nitrogen and oxygen atoms in total. The van der Waals surface area contributed by atoms with Crippen molar-refractivity contribution in [1.82, 2.24) is 14.9 Å². The number of carbonyl (C=O) groups excluding carboxylic acids is 1. The highest BCUT2D eigenvalue weighted by molar-refractivity contribution is 5.94. The number of benzene rings is 2. The lowest BCUT2D eigenvalue weighted by Gasteiger charge is -2.17. The maximum absolute atomic E-state index is 12.8. The molecule has 0 saturated carbocycles. The number of hydrogen-bond acceptors (Lipinski definition) is 4. The molecule has 134 valence electrons. The van der Waals surface area contributed by atoms with Crippen molar-refractivity contribution in [3.05, 3.63) is 53.9 Å². The number of rotatable bonds is 4. The van der Waals surface area contributed by atoms with Gasteiger partial charge in [0.1, 0.15) is 11.5 Å². The van der Waals surface area contributed by atoms with E-state index < -0.39 is 0 Å². The van der Waals surface area contributed by atoms with E-state index in [1.54, 1.807) is 14.2 Å². The van der Waals surface area contributed by atoms with Crippen molar-refractivity contribution in [2.24, 2.45) is 0 Å². The van der Waals surface area contributed by atoms with E-state index in [0.717, 1.165) is 34.5 Å². The van der Waals surface area contributed by atoms with Gasteiger partial charge in [0, 0.05) is 24.6 Å². The Kier molecular flexibility index (Phi) is 4.24. The summed E-state index contributed by atoms with van der Waals surface area (Å²) in [6, 6.07) is 13.5. The van der Waals surface area contributed by atoms with E-state index in [0.29, 0.717) is 18.9 Å². The Morgan fingerprint density at radius 1 is 1.19 bits per heavy atom. The summed E-state index contributed by atoms with van der Waals surface area (Å²) in [5.41, 5.74) is 2.76. The number of aromatic amines is 1. The number of nitrogens with zero attached hydrogens (tertiary/aromatic N) is 2. The maximum Gasteiger partial charge on any atom is 0.289 e. The highest BCUT2D eigenvalue weighted by Crippen LogP contribution is 2.36. The number of fused-ring (bicyclic) bond motifs is 1. The third-order valence-electron chi connectivity index (χ3n) is 4.94. The fourth-order valence-corrected chi connectivity index (χ4v) is 3.56. The van der Waals surface area contributed by atoms with Crippen molar-refractivity contribution in [3.8, 4) is 11.5 Å². The zero-order valence-corrected chi connectivity index (χ0v) is 14.9. The lowest BCUT2D eigenvalue weighted by molar-refractivity contribution is 0.0780. The SMILES string of the molecule is COc1ccc(OC)c([C@H]2CCN(C(=O)c3nc4ccccc4[nH]3)C2)c1. The van der Waals surface area contributed by atoms with Gasteiger partial charge in [0.25, 0.3) is 5.91 Å². The highest BCUT2D eigenvalue weighted by atomic mass is 16.5. The molecule has 26 heavy (non-hydrogen) atoms. The molecule has 1 aliphatic heterocycles. The number of para-hydroxylation sites is 2. The van der Waals surface area contributed by atoms with Crippen LogP contribution in [0, 0.1) is 0 Å². The molecule has 3 aromatic rings. The predicted octanol–water partition coefficient (Wildman–Crippen LogP) is 3.21. The fraction of sp³-hybridized carbons (Fsp3) is 0.300.